The first-order valence-corrected chi connectivity index (χ1v) is 5.50. The van der Waals surface area contributed by atoms with Crippen LogP contribution in [0.2, 0.25) is 0 Å². The zero-order valence-corrected chi connectivity index (χ0v) is 7.93. The maximum Gasteiger partial charge on any atom is 0.154 e. The molecule has 1 aliphatic heterocycles. The molecule has 0 aliphatic carbocycles. The van der Waals surface area contributed by atoms with Crippen LogP contribution < -0.4 is 5.73 Å². The van der Waals surface area contributed by atoms with Crippen LogP contribution in [0.4, 0.5) is 5.69 Å². The highest BCUT2D eigenvalue weighted by molar-refractivity contribution is 7.85. The molecule has 1 aromatic carbocycles. The van der Waals surface area contributed by atoms with Gasteiger partial charge in [0, 0.05) is 5.75 Å². The average molecular weight is 197 g/mol. The van der Waals surface area contributed by atoms with Crippen LogP contribution in [0.3, 0.4) is 0 Å². The summed E-state index contributed by atoms with van der Waals surface area (Å²) in [5, 5.41) is 9.60. The molecule has 1 aliphatic rings. The van der Waals surface area contributed by atoms with E-state index >= 15 is 0 Å². The lowest BCUT2D eigenvalue weighted by Crippen LogP contribution is -2.10. The van der Waals surface area contributed by atoms with Crippen molar-refractivity contribution >= 4 is 16.5 Å². The van der Waals surface area contributed by atoms with E-state index in [-0.39, 0.29) is 5.75 Å². The van der Waals surface area contributed by atoms with Gasteiger partial charge in [0.1, 0.15) is 0 Å². The molecule has 1 heterocycles. The van der Waals surface area contributed by atoms with Crippen LogP contribution >= 0.6 is 0 Å². The van der Waals surface area contributed by atoms with Gasteiger partial charge in [0.25, 0.3) is 0 Å². The predicted octanol–water partition coefficient (Wildman–Crippen LogP) is 1.03. The van der Waals surface area contributed by atoms with E-state index in [0.29, 0.717) is 16.3 Å². The Morgan fingerprint density at radius 3 is 3.00 bits per heavy atom. The third kappa shape index (κ3) is 1.31. The van der Waals surface area contributed by atoms with Crippen molar-refractivity contribution < 1.29 is 9.32 Å². The summed E-state index contributed by atoms with van der Waals surface area (Å²) in [6.45, 7) is 0. The number of phenols is 1. The van der Waals surface area contributed by atoms with Gasteiger partial charge in [-0.1, -0.05) is 6.07 Å². The van der Waals surface area contributed by atoms with Crippen molar-refractivity contribution in [3.63, 3.8) is 0 Å². The lowest BCUT2D eigenvalue weighted by atomic mass is 10.1. The second-order valence-electron chi connectivity index (χ2n) is 3.14. The largest absolute Gasteiger partial charge is 0.505 e. The molecule has 0 radical (unpaired) electrons. The van der Waals surface area contributed by atoms with E-state index in [2.05, 4.69) is 0 Å². The Labute approximate surface area is 79.0 Å². The molecular formula is C9H11NO2S. The van der Waals surface area contributed by atoms with Crippen molar-refractivity contribution in [3.8, 4) is 5.75 Å². The van der Waals surface area contributed by atoms with E-state index in [1.807, 2.05) is 6.07 Å². The summed E-state index contributed by atoms with van der Waals surface area (Å²) in [6.07, 6.45) is 1.80. The molecule has 4 heteroatoms. The molecule has 70 valence electrons. The van der Waals surface area contributed by atoms with E-state index in [1.54, 1.807) is 6.07 Å². The summed E-state index contributed by atoms with van der Waals surface area (Å²) in [6, 6.07) is 3.51. The summed E-state index contributed by atoms with van der Waals surface area (Å²) in [7, 11) is -1.07. The fraction of sp³-hybridized carbons (Fsp3) is 0.333. The SMILES string of the molecule is Nc1ccc2c(c1O)S(=O)CCC2. The third-order valence-electron chi connectivity index (χ3n) is 2.25. The summed E-state index contributed by atoms with van der Waals surface area (Å²) in [5.74, 6) is 0.639. The highest BCUT2D eigenvalue weighted by atomic mass is 32.2. The molecule has 0 fully saturated rings. The molecule has 1 aromatic rings. The van der Waals surface area contributed by atoms with Gasteiger partial charge in [0.2, 0.25) is 0 Å². The molecule has 1 unspecified atom stereocenters. The van der Waals surface area contributed by atoms with E-state index in [1.165, 1.54) is 0 Å². The number of nitrogen functional groups attached to an aromatic ring is 1. The quantitative estimate of drug-likeness (QED) is 0.482. The molecular weight excluding hydrogens is 186 g/mol. The first kappa shape index (κ1) is 8.56. The first-order chi connectivity index (χ1) is 6.20. The fourth-order valence-electron chi connectivity index (χ4n) is 1.57. The van der Waals surface area contributed by atoms with Crippen LogP contribution in [0.1, 0.15) is 12.0 Å². The Bertz CT molecular complexity index is 376. The van der Waals surface area contributed by atoms with Gasteiger partial charge in [-0.2, -0.15) is 0 Å². The van der Waals surface area contributed by atoms with Gasteiger partial charge in [0.05, 0.1) is 21.4 Å². The van der Waals surface area contributed by atoms with Crippen molar-refractivity contribution in [3.05, 3.63) is 17.7 Å². The number of hydrogen-bond donors (Lipinski definition) is 2. The highest BCUT2D eigenvalue weighted by Crippen LogP contribution is 2.34. The van der Waals surface area contributed by atoms with E-state index < -0.39 is 10.8 Å². The van der Waals surface area contributed by atoms with Crippen molar-refractivity contribution in [2.75, 3.05) is 11.5 Å². The van der Waals surface area contributed by atoms with E-state index in [9.17, 15) is 9.32 Å². The Hall–Kier alpha value is -1.03. The Morgan fingerprint density at radius 2 is 2.23 bits per heavy atom. The van der Waals surface area contributed by atoms with Crippen molar-refractivity contribution in [1.82, 2.24) is 0 Å². The van der Waals surface area contributed by atoms with Gasteiger partial charge in [0.15, 0.2) is 5.75 Å². The minimum Gasteiger partial charge on any atom is -0.505 e. The predicted molar refractivity (Wildman–Crippen MR) is 52.1 cm³/mol. The molecule has 0 amide bonds. The van der Waals surface area contributed by atoms with Crippen LogP contribution in [0.15, 0.2) is 17.0 Å². The number of anilines is 1. The average Bonchev–Trinajstić information content (AvgIpc) is 2.12. The zero-order chi connectivity index (χ0) is 9.42. The smallest absolute Gasteiger partial charge is 0.154 e. The van der Waals surface area contributed by atoms with Gasteiger partial charge in [-0.05, 0) is 24.5 Å². The molecule has 3 N–H and O–H groups in total. The van der Waals surface area contributed by atoms with Crippen LogP contribution in [0.25, 0.3) is 0 Å². The normalized spacial score (nSPS) is 21.1. The van der Waals surface area contributed by atoms with Crippen LogP contribution in [-0.4, -0.2) is 15.1 Å². The molecule has 0 aromatic heterocycles. The van der Waals surface area contributed by atoms with E-state index in [0.717, 1.165) is 18.4 Å². The fourth-order valence-corrected chi connectivity index (χ4v) is 2.98. The second-order valence-corrected chi connectivity index (χ2v) is 4.65. The summed E-state index contributed by atoms with van der Waals surface area (Å²) in [4.78, 5) is 0.547. The number of aromatic hydroxyl groups is 1. The number of hydrogen-bond acceptors (Lipinski definition) is 3. The lowest BCUT2D eigenvalue weighted by Gasteiger charge is -2.16. The van der Waals surface area contributed by atoms with Crippen molar-refractivity contribution in [2.45, 2.75) is 17.7 Å². The molecule has 0 saturated carbocycles. The van der Waals surface area contributed by atoms with Gasteiger partial charge >= 0.3 is 0 Å². The number of phenolic OH excluding ortho intramolecular Hbond substituents is 1. The van der Waals surface area contributed by atoms with Gasteiger partial charge < -0.3 is 10.8 Å². The van der Waals surface area contributed by atoms with Crippen LogP contribution in [0, 0.1) is 0 Å². The standard InChI is InChI=1S/C9H11NO2S/c10-7-4-3-6-2-1-5-13(12)9(6)8(7)11/h3-4,11H,1-2,5,10H2. The summed E-state index contributed by atoms with van der Waals surface area (Å²) < 4.78 is 11.6. The topological polar surface area (TPSA) is 63.3 Å². The maximum absolute atomic E-state index is 11.6. The second kappa shape index (κ2) is 3.03. The van der Waals surface area contributed by atoms with E-state index in [4.69, 9.17) is 5.73 Å². The number of benzene rings is 1. The van der Waals surface area contributed by atoms with Crippen molar-refractivity contribution in [2.24, 2.45) is 0 Å². The number of fused-ring (bicyclic) bond motifs is 1. The molecule has 0 saturated heterocycles. The highest BCUT2D eigenvalue weighted by Gasteiger charge is 2.20. The van der Waals surface area contributed by atoms with Crippen LogP contribution in [0.5, 0.6) is 5.75 Å². The minimum absolute atomic E-state index is 0.00975. The number of rotatable bonds is 0. The molecule has 0 spiro atoms. The summed E-state index contributed by atoms with van der Waals surface area (Å²) >= 11 is 0. The molecule has 2 rings (SSSR count). The Morgan fingerprint density at radius 1 is 1.46 bits per heavy atom. The van der Waals surface area contributed by atoms with Crippen LogP contribution in [-0.2, 0) is 17.2 Å². The zero-order valence-electron chi connectivity index (χ0n) is 7.12. The molecule has 0 bridgehead atoms. The number of nitrogens with two attached hydrogens (primary N) is 1. The maximum atomic E-state index is 11.6. The first-order valence-electron chi connectivity index (χ1n) is 4.19. The number of aryl methyl sites for hydroxylation is 1. The monoisotopic (exact) mass is 197 g/mol. The molecule has 3 nitrogen and oxygen atoms in total. The third-order valence-corrected chi connectivity index (χ3v) is 3.82. The molecule has 13 heavy (non-hydrogen) atoms. The van der Waals surface area contributed by atoms with Crippen molar-refractivity contribution in [1.29, 1.82) is 0 Å². The van der Waals surface area contributed by atoms with Gasteiger partial charge in [-0.25, -0.2) is 0 Å². The Balaban J connectivity index is 2.65. The van der Waals surface area contributed by atoms with Gasteiger partial charge in [-0.3, -0.25) is 4.21 Å². The molecule has 1 atom stereocenters. The minimum atomic E-state index is -1.07. The van der Waals surface area contributed by atoms with Gasteiger partial charge in [-0.15, -0.1) is 0 Å². The Kier molecular flexibility index (Phi) is 2.00. The lowest BCUT2D eigenvalue weighted by molar-refractivity contribution is 0.461. The summed E-state index contributed by atoms with van der Waals surface area (Å²) in [5.41, 5.74) is 6.80.